The highest BCUT2D eigenvalue weighted by molar-refractivity contribution is 5.93. The van der Waals surface area contributed by atoms with Crippen molar-refractivity contribution in [1.82, 2.24) is 4.90 Å². The van der Waals surface area contributed by atoms with Gasteiger partial charge in [-0.2, -0.15) is 0 Å². The van der Waals surface area contributed by atoms with E-state index in [1.54, 1.807) is 19.1 Å². The second-order valence-electron chi connectivity index (χ2n) is 5.06. The molecule has 1 aromatic carbocycles. The minimum atomic E-state index is -0.610. The number of nitrogens with one attached hydrogen (secondary N) is 1. The van der Waals surface area contributed by atoms with Crippen LogP contribution in [-0.2, 0) is 9.53 Å². The van der Waals surface area contributed by atoms with E-state index in [-0.39, 0.29) is 19.1 Å². The molecular formula is C15H24N2O4. The lowest BCUT2D eigenvalue weighted by atomic mass is 10.2. The largest absolute Gasteiger partial charge is 0.495 e. The van der Waals surface area contributed by atoms with Crippen molar-refractivity contribution in [2.24, 2.45) is 0 Å². The van der Waals surface area contributed by atoms with E-state index in [2.05, 4.69) is 5.32 Å². The van der Waals surface area contributed by atoms with Gasteiger partial charge in [-0.15, -0.1) is 0 Å². The highest BCUT2D eigenvalue weighted by Gasteiger charge is 2.13. The van der Waals surface area contributed by atoms with E-state index >= 15 is 0 Å². The van der Waals surface area contributed by atoms with Gasteiger partial charge in [-0.1, -0.05) is 6.07 Å². The summed E-state index contributed by atoms with van der Waals surface area (Å²) < 4.78 is 10.1. The number of aryl methyl sites for hydroxylation is 1. The molecule has 0 aromatic heterocycles. The quantitative estimate of drug-likeness (QED) is 0.745. The summed E-state index contributed by atoms with van der Waals surface area (Å²) in [7, 11) is 4.86. The molecule has 6 nitrogen and oxygen atoms in total. The van der Waals surface area contributed by atoms with Crippen molar-refractivity contribution >= 4 is 11.6 Å². The van der Waals surface area contributed by atoms with Gasteiger partial charge in [0.05, 0.1) is 32.1 Å². The van der Waals surface area contributed by atoms with Gasteiger partial charge in [0, 0.05) is 13.7 Å². The van der Waals surface area contributed by atoms with Crippen LogP contribution in [0.15, 0.2) is 18.2 Å². The molecule has 2 N–H and O–H groups in total. The lowest BCUT2D eigenvalue weighted by Gasteiger charge is -2.20. The molecule has 118 valence electrons. The Labute approximate surface area is 125 Å². The van der Waals surface area contributed by atoms with Gasteiger partial charge in [-0.05, 0) is 31.7 Å². The number of carbonyl (C=O) groups excluding carboxylic acids is 1. The number of hydrogen-bond donors (Lipinski definition) is 2. The Kier molecular flexibility index (Phi) is 7.14. The summed E-state index contributed by atoms with van der Waals surface area (Å²) in [5.74, 6) is 0.460. The first-order valence-electron chi connectivity index (χ1n) is 6.76. The number of hydrogen-bond acceptors (Lipinski definition) is 5. The van der Waals surface area contributed by atoms with Crippen molar-refractivity contribution in [2.45, 2.75) is 13.0 Å². The zero-order chi connectivity index (χ0) is 15.8. The molecule has 0 radical (unpaired) electrons. The molecule has 0 aliphatic rings. The highest BCUT2D eigenvalue weighted by atomic mass is 16.5. The number of ether oxygens (including phenoxy) is 2. The zero-order valence-electron chi connectivity index (χ0n) is 13.0. The lowest BCUT2D eigenvalue weighted by Crippen LogP contribution is -2.37. The van der Waals surface area contributed by atoms with Gasteiger partial charge in [0.25, 0.3) is 0 Å². The molecule has 0 bridgehead atoms. The predicted octanol–water partition coefficient (Wildman–Crippen LogP) is 0.881. The van der Waals surface area contributed by atoms with Gasteiger partial charge in [0.1, 0.15) is 5.75 Å². The van der Waals surface area contributed by atoms with E-state index in [0.717, 1.165) is 5.56 Å². The molecule has 6 heteroatoms. The minimum absolute atomic E-state index is 0.161. The average molecular weight is 296 g/mol. The Balaban J connectivity index is 2.55. The molecule has 1 rings (SSSR count). The number of methoxy groups -OCH3 is 2. The van der Waals surface area contributed by atoms with Crippen LogP contribution in [0.2, 0.25) is 0 Å². The fourth-order valence-corrected chi connectivity index (χ4v) is 2.02. The second-order valence-corrected chi connectivity index (χ2v) is 5.06. The molecule has 0 aliphatic heterocycles. The Bertz CT molecular complexity index is 465. The van der Waals surface area contributed by atoms with E-state index in [4.69, 9.17) is 9.47 Å². The minimum Gasteiger partial charge on any atom is -0.495 e. The molecule has 21 heavy (non-hydrogen) atoms. The van der Waals surface area contributed by atoms with Crippen LogP contribution in [0.1, 0.15) is 5.56 Å². The van der Waals surface area contributed by atoms with Gasteiger partial charge < -0.3 is 19.9 Å². The van der Waals surface area contributed by atoms with E-state index in [1.807, 2.05) is 25.1 Å². The third kappa shape index (κ3) is 6.12. The fraction of sp³-hybridized carbons (Fsp3) is 0.533. The van der Waals surface area contributed by atoms with E-state index in [1.165, 1.54) is 7.11 Å². The molecule has 0 aliphatic carbocycles. The molecule has 0 fully saturated rings. The van der Waals surface area contributed by atoms with E-state index in [9.17, 15) is 9.90 Å². The third-order valence-electron chi connectivity index (χ3n) is 2.92. The van der Waals surface area contributed by atoms with E-state index in [0.29, 0.717) is 18.0 Å². The number of rotatable bonds is 8. The fourth-order valence-electron chi connectivity index (χ4n) is 2.02. The number of anilines is 1. The number of aliphatic hydroxyl groups is 1. The molecular weight excluding hydrogens is 272 g/mol. The van der Waals surface area contributed by atoms with Crippen molar-refractivity contribution < 1.29 is 19.4 Å². The maximum Gasteiger partial charge on any atom is 0.238 e. The smallest absolute Gasteiger partial charge is 0.238 e. The van der Waals surface area contributed by atoms with Crippen LogP contribution in [-0.4, -0.2) is 63.0 Å². The second kappa shape index (κ2) is 8.61. The van der Waals surface area contributed by atoms with Crippen LogP contribution in [0.3, 0.4) is 0 Å². The maximum atomic E-state index is 12.0. The number of likely N-dealkylation sites (N-methyl/N-ethyl adjacent to an activating group) is 1. The summed E-state index contributed by atoms with van der Waals surface area (Å²) in [6.07, 6.45) is -0.610. The predicted molar refractivity (Wildman–Crippen MR) is 81.7 cm³/mol. The SMILES string of the molecule is COCC(O)CN(C)CC(=O)Nc1cc(C)ccc1OC. The molecule has 1 unspecified atom stereocenters. The normalized spacial score (nSPS) is 12.3. The Morgan fingerprint density at radius 1 is 1.43 bits per heavy atom. The standard InChI is InChI=1S/C15H24N2O4/c1-11-5-6-14(21-4)13(7-11)16-15(19)9-17(2)8-12(18)10-20-3/h5-7,12,18H,8-10H2,1-4H3,(H,16,19). The molecule has 0 spiro atoms. The number of aliphatic hydroxyl groups excluding tert-OH is 1. The van der Waals surface area contributed by atoms with Crippen LogP contribution in [0.4, 0.5) is 5.69 Å². The summed E-state index contributed by atoms with van der Waals surface area (Å²) in [5.41, 5.74) is 1.68. The molecule has 0 heterocycles. The van der Waals surface area contributed by atoms with Crippen LogP contribution in [0.5, 0.6) is 5.75 Å². The molecule has 1 amide bonds. The Morgan fingerprint density at radius 2 is 2.14 bits per heavy atom. The first-order chi connectivity index (χ1) is 9.96. The number of nitrogens with zero attached hydrogens (tertiary/aromatic N) is 1. The summed E-state index contributed by atoms with van der Waals surface area (Å²) in [6, 6.07) is 5.59. The van der Waals surface area contributed by atoms with Crippen molar-refractivity contribution in [3.8, 4) is 5.75 Å². The number of benzene rings is 1. The molecule has 0 saturated heterocycles. The Morgan fingerprint density at radius 3 is 2.76 bits per heavy atom. The van der Waals surface area contributed by atoms with Gasteiger partial charge in [-0.25, -0.2) is 0 Å². The van der Waals surface area contributed by atoms with Crippen LogP contribution >= 0.6 is 0 Å². The Hall–Kier alpha value is -1.63. The summed E-state index contributed by atoms with van der Waals surface area (Å²) in [6.45, 7) is 2.74. The third-order valence-corrected chi connectivity index (χ3v) is 2.92. The lowest BCUT2D eigenvalue weighted by molar-refractivity contribution is -0.117. The van der Waals surface area contributed by atoms with Gasteiger partial charge in [0.2, 0.25) is 5.91 Å². The summed E-state index contributed by atoms with van der Waals surface area (Å²) in [5, 5.41) is 12.4. The highest BCUT2D eigenvalue weighted by Crippen LogP contribution is 2.24. The zero-order valence-corrected chi connectivity index (χ0v) is 13.0. The average Bonchev–Trinajstić information content (AvgIpc) is 2.38. The monoisotopic (exact) mass is 296 g/mol. The number of amides is 1. The first-order valence-corrected chi connectivity index (χ1v) is 6.76. The topological polar surface area (TPSA) is 71.0 Å². The molecule has 0 saturated carbocycles. The van der Waals surface area contributed by atoms with E-state index < -0.39 is 6.10 Å². The van der Waals surface area contributed by atoms with Crippen LogP contribution < -0.4 is 10.1 Å². The van der Waals surface area contributed by atoms with Gasteiger partial charge in [-0.3, -0.25) is 9.69 Å². The molecule has 1 atom stereocenters. The summed E-state index contributed by atoms with van der Waals surface area (Å²) >= 11 is 0. The molecule has 1 aromatic rings. The first kappa shape index (κ1) is 17.4. The van der Waals surface area contributed by atoms with Crippen LogP contribution in [0, 0.1) is 6.92 Å². The van der Waals surface area contributed by atoms with Crippen LogP contribution in [0.25, 0.3) is 0 Å². The van der Waals surface area contributed by atoms with Crippen molar-refractivity contribution in [3.63, 3.8) is 0 Å². The van der Waals surface area contributed by atoms with Crippen molar-refractivity contribution in [1.29, 1.82) is 0 Å². The van der Waals surface area contributed by atoms with Crippen molar-refractivity contribution in [2.75, 3.05) is 46.3 Å². The number of carbonyl (C=O) groups is 1. The summed E-state index contributed by atoms with van der Waals surface area (Å²) in [4.78, 5) is 13.8. The van der Waals surface area contributed by atoms with Gasteiger partial charge >= 0.3 is 0 Å². The maximum absolute atomic E-state index is 12.0. The van der Waals surface area contributed by atoms with Crippen molar-refractivity contribution in [3.05, 3.63) is 23.8 Å². The van der Waals surface area contributed by atoms with Gasteiger partial charge in [0.15, 0.2) is 0 Å².